The summed E-state index contributed by atoms with van der Waals surface area (Å²) in [7, 11) is -4.16. The van der Waals surface area contributed by atoms with Crippen LogP contribution in [0.3, 0.4) is 0 Å². The van der Waals surface area contributed by atoms with Crippen molar-refractivity contribution >= 4 is 27.5 Å². The van der Waals surface area contributed by atoms with E-state index in [1.807, 2.05) is 81.4 Å². The number of rotatable bonds is 13. The van der Waals surface area contributed by atoms with Gasteiger partial charge in [0, 0.05) is 13.1 Å². The van der Waals surface area contributed by atoms with Gasteiger partial charge in [-0.3, -0.25) is 13.9 Å². The van der Waals surface area contributed by atoms with Crippen molar-refractivity contribution in [3.05, 3.63) is 120 Å². The molecule has 8 nitrogen and oxygen atoms in total. The minimum Gasteiger partial charge on any atom is -0.457 e. The van der Waals surface area contributed by atoms with Crippen molar-refractivity contribution in [3.63, 3.8) is 0 Å². The van der Waals surface area contributed by atoms with Gasteiger partial charge in [-0.05, 0) is 74.4 Å². The number of likely N-dealkylation sites (N-methyl/N-ethyl adjacent to an activating group) is 1. The van der Waals surface area contributed by atoms with E-state index in [1.165, 1.54) is 17.0 Å². The number of ether oxygens (including phenoxy) is 1. The lowest BCUT2D eigenvalue weighted by Gasteiger charge is -2.33. The van der Waals surface area contributed by atoms with Crippen molar-refractivity contribution in [2.45, 2.75) is 44.7 Å². The summed E-state index contributed by atoms with van der Waals surface area (Å²) >= 11 is 0. The molecule has 0 aromatic heterocycles. The summed E-state index contributed by atoms with van der Waals surface area (Å²) in [5.74, 6) is 0.371. The molecule has 0 aliphatic carbocycles. The Hall–Kier alpha value is -4.63. The lowest BCUT2D eigenvalue weighted by atomic mass is 10.1. The first-order valence-electron chi connectivity index (χ1n) is 14.3. The number of amides is 2. The average molecular weight is 600 g/mol. The number of carbonyl (C=O) groups excluding carboxylic acids is 2. The van der Waals surface area contributed by atoms with Gasteiger partial charge >= 0.3 is 0 Å². The van der Waals surface area contributed by atoms with E-state index >= 15 is 0 Å². The zero-order valence-corrected chi connectivity index (χ0v) is 25.5. The van der Waals surface area contributed by atoms with Crippen molar-refractivity contribution in [1.29, 1.82) is 0 Å². The third kappa shape index (κ3) is 8.02. The number of anilines is 1. The molecule has 0 saturated heterocycles. The molecule has 224 valence electrons. The molecule has 4 aromatic rings. The molecule has 0 saturated carbocycles. The monoisotopic (exact) mass is 599 g/mol. The number of nitrogens with zero attached hydrogens (tertiary/aromatic N) is 2. The molecular weight excluding hydrogens is 562 g/mol. The maximum atomic E-state index is 14.1. The largest absolute Gasteiger partial charge is 0.457 e. The summed E-state index contributed by atoms with van der Waals surface area (Å²) in [6.45, 7) is 5.58. The first kappa shape index (κ1) is 31.3. The Morgan fingerprint density at radius 2 is 1.37 bits per heavy atom. The molecule has 0 aliphatic heterocycles. The number of aryl methyl sites for hydroxylation is 1. The second kappa shape index (κ2) is 14.5. The Kier molecular flexibility index (Phi) is 10.6. The Labute approximate surface area is 254 Å². The zero-order chi connectivity index (χ0) is 30.8. The van der Waals surface area contributed by atoms with E-state index in [1.54, 1.807) is 36.4 Å². The predicted octanol–water partition coefficient (Wildman–Crippen LogP) is 5.93. The topological polar surface area (TPSA) is 96.0 Å². The Bertz CT molecular complexity index is 1590. The van der Waals surface area contributed by atoms with Crippen LogP contribution in [0.1, 0.15) is 31.4 Å². The maximum absolute atomic E-state index is 14.1. The normalized spacial score (nSPS) is 11.8. The lowest BCUT2D eigenvalue weighted by Crippen LogP contribution is -2.52. The third-order valence-electron chi connectivity index (χ3n) is 6.92. The first-order chi connectivity index (χ1) is 20.7. The fourth-order valence-electron chi connectivity index (χ4n) is 4.66. The second-order valence-electron chi connectivity index (χ2n) is 10.1. The summed E-state index contributed by atoms with van der Waals surface area (Å²) in [5.41, 5.74) is 2.03. The smallest absolute Gasteiger partial charge is 0.264 e. The van der Waals surface area contributed by atoms with E-state index in [0.29, 0.717) is 30.2 Å². The standard InChI is InChI=1S/C34H37N3O5S/c1-4-32(34(39)35-5-2)36(24-27-12-8-6-9-13-27)33(38)25-37(43(40,41)31-22-16-26(3)17-23-31)28-18-20-30(21-19-28)42-29-14-10-7-11-15-29/h6-23,32H,4-5,24-25H2,1-3H3,(H,35,39)/t32-/m1/s1. The number of carbonyl (C=O) groups is 2. The van der Waals surface area contributed by atoms with Crippen molar-refractivity contribution in [2.75, 3.05) is 17.4 Å². The van der Waals surface area contributed by atoms with Crippen LogP contribution in [-0.4, -0.2) is 44.3 Å². The summed E-state index contributed by atoms with van der Waals surface area (Å²) in [6.07, 6.45) is 0.362. The van der Waals surface area contributed by atoms with Gasteiger partial charge in [-0.15, -0.1) is 0 Å². The van der Waals surface area contributed by atoms with Crippen LogP contribution < -0.4 is 14.4 Å². The van der Waals surface area contributed by atoms with Crippen molar-refractivity contribution < 1.29 is 22.7 Å². The lowest BCUT2D eigenvalue weighted by molar-refractivity contribution is -0.140. The molecule has 43 heavy (non-hydrogen) atoms. The molecule has 0 heterocycles. The number of sulfonamides is 1. The first-order valence-corrected chi connectivity index (χ1v) is 15.7. The summed E-state index contributed by atoms with van der Waals surface area (Å²) in [6, 6.07) is 30.8. The summed E-state index contributed by atoms with van der Waals surface area (Å²) in [5, 5.41) is 2.81. The highest BCUT2D eigenvalue weighted by molar-refractivity contribution is 7.92. The third-order valence-corrected chi connectivity index (χ3v) is 8.71. The molecule has 0 spiro atoms. The zero-order valence-electron chi connectivity index (χ0n) is 24.6. The average Bonchev–Trinajstić information content (AvgIpc) is 3.01. The molecule has 0 unspecified atom stereocenters. The van der Waals surface area contributed by atoms with Gasteiger partial charge in [0.05, 0.1) is 10.6 Å². The van der Waals surface area contributed by atoms with Gasteiger partial charge in [-0.25, -0.2) is 8.42 Å². The molecule has 2 amide bonds. The van der Waals surface area contributed by atoms with Crippen molar-refractivity contribution in [1.82, 2.24) is 10.2 Å². The highest BCUT2D eigenvalue weighted by atomic mass is 32.2. The van der Waals surface area contributed by atoms with Crippen LogP contribution in [0.25, 0.3) is 0 Å². The predicted molar refractivity (Wildman–Crippen MR) is 168 cm³/mol. The van der Waals surface area contributed by atoms with E-state index in [-0.39, 0.29) is 17.3 Å². The van der Waals surface area contributed by atoms with Gasteiger partial charge in [0.25, 0.3) is 10.0 Å². The number of hydrogen-bond donors (Lipinski definition) is 1. The molecule has 1 atom stereocenters. The fourth-order valence-corrected chi connectivity index (χ4v) is 6.08. The number of benzene rings is 4. The minimum absolute atomic E-state index is 0.0564. The van der Waals surface area contributed by atoms with Crippen LogP contribution in [0, 0.1) is 6.92 Å². The van der Waals surface area contributed by atoms with Gasteiger partial charge in [0.1, 0.15) is 24.1 Å². The molecule has 4 aromatic carbocycles. The summed E-state index contributed by atoms with van der Waals surface area (Å²) in [4.78, 5) is 28.7. The Morgan fingerprint density at radius 1 is 0.791 bits per heavy atom. The number of nitrogens with one attached hydrogen (secondary N) is 1. The van der Waals surface area contributed by atoms with Gasteiger partial charge in [-0.2, -0.15) is 0 Å². The fraction of sp³-hybridized carbons (Fsp3) is 0.235. The van der Waals surface area contributed by atoms with Gasteiger partial charge in [-0.1, -0.05) is 73.2 Å². The molecule has 4 rings (SSSR count). The van der Waals surface area contributed by atoms with Crippen LogP contribution >= 0.6 is 0 Å². The van der Waals surface area contributed by atoms with E-state index in [9.17, 15) is 18.0 Å². The molecule has 1 N–H and O–H groups in total. The minimum atomic E-state index is -4.16. The molecule has 0 bridgehead atoms. The van der Waals surface area contributed by atoms with Crippen molar-refractivity contribution in [3.8, 4) is 11.5 Å². The van der Waals surface area contributed by atoms with Crippen LogP contribution in [0.4, 0.5) is 5.69 Å². The molecule has 0 radical (unpaired) electrons. The SMILES string of the molecule is CCNC(=O)[C@@H](CC)N(Cc1ccccc1)C(=O)CN(c1ccc(Oc2ccccc2)cc1)S(=O)(=O)c1ccc(C)cc1. The second-order valence-corrected chi connectivity index (χ2v) is 11.9. The van der Waals surface area contributed by atoms with E-state index in [0.717, 1.165) is 15.4 Å². The number of para-hydroxylation sites is 1. The van der Waals surface area contributed by atoms with Crippen molar-refractivity contribution in [2.24, 2.45) is 0 Å². The highest BCUT2D eigenvalue weighted by Crippen LogP contribution is 2.29. The van der Waals surface area contributed by atoms with Crippen LogP contribution in [-0.2, 0) is 26.2 Å². The molecular formula is C34H37N3O5S. The number of hydrogen-bond acceptors (Lipinski definition) is 5. The molecule has 9 heteroatoms. The van der Waals surface area contributed by atoms with Gasteiger partial charge < -0.3 is 15.0 Å². The highest BCUT2D eigenvalue weighted by Gasteiger charge is 2.33. The van der Waals surface area contributed by atoms with Crippen LogP contribution in [0.15, 0.2) is 114 Å². The van der Waals surface area contributed by atoms with Crippen LogP contribution in [0.2, 0.25) is 0 Å². The van der Waals surface area contributed by atoms with Gasteiger partial charge in [0.2, 0.25) is 11.8 Å². The van der Waals surface area contributed by atoms with Gasteiger partial charge in [0.15, 0.2) is 0 Å². The summed E-state index contributed by atoms with van der Waals surface area (Å²) < 4.78 is 35.1. The maximum Gasteiger partial charge on any atom is 0.264 e. The van der Waals surface area contributed by atoms with Crippen LogP contribution in [0.5, 0.6) is 11.5 Å². The molecule has 0 aliphatic rings. The van der Waals surface area contributed by atoms with E-state index < -0.39 is 28.5 Å². The Balaban J connectivity index is 1.71. The Morgan fingerprint density at radius 3 is 1.95 bits per heavy atom. The molecule has 0 fully saturated rings. The van der Waals surface area contributed by atoms with E-state index in [4.69, 9.17) is 4.74 Å². The van der Waals surface area contributed by atoms with E-state index in [2.05, 4.69) is 5.32 Å². The quantitative estimate of drug-likeness (QED) is 0.206.